The highest BCUT2D eigenvalue weighted by Gasteiger charge is 2.38. The molecule has 3 aromatic rings. The summed E-state index contributed by atoms with van der Waals surface area (Å²) in [6.07, 6.45) is 5.52. The Morgan fingerprint density at radius 2 is 1.76 bits per heavy atom. The fraction of sp³-hybridized carbons (Fsp3) is 0.440. The summed E-state index contributed by atoms with van der Waals surface area (Å²) in [5.74, 6) is 1.91. The summed E-state index contributed by atoms with van der Waals surface area (Å²) in [4.78, 5) is 29.8. The van der Waals surface area contributed by atoms with E-state index in [4.69, 9.17) is 0 Å². The second-order valence-corrected chi connectivity index (χ2v) is 9.40. The van der Waals surface area contributed by atoms with Gasteiger partial charge in [-0.05, 0) is 42.5 Å². The van der Waals surface area contributed by atoms with Crippen molar-refractivity contribution in [2.75, 3.05) is 23.8 Å². The minimum absolute atomic E-state index is 0.0337. The Balaban J connectivity index is 1.49. The number of hydrogen-bond donors (Lipinski definition) is 1. The molecule has 1 saturated heterocycles. The van der Waals surface area contributed by atoms with Crippen molar-refractivity contribution < 1.29 is 4.79 Å². The molecule has 2 aromatic heterocycles. The molecule has 33 heavy (non-hydrogen) atoms. The molecule has 1 aromatic carbocycles. The maximum Gasteiger partial charge on any atom is 0.325 e. The highest BCUT2D eigenvalue weighted by molar-refractivity contribution is 5.94. The van der Waals surface area contributed by atoms with Crippen LogP contribution in [0.1, 0.15) is 57.8 Å². The third kappa shape index (κ3) is 4.69. The van der Waals surface area contributed by atoms with E-state index in [1.807, 2.05) is 31.1 Å². The van der Waals surface area contributed by atoms with Gasteiger partial charge in [-0.3, -0.25) is 4.90 Å². The Kier molecular flexibility index (Phi) is 6.35. The average Bonchev–Trinajstić information content (AvgIpc) is 3.40. The summed E-state index contributed by atoms with van der Waals surface area (Å²) in [7, 11) is 1.83. The van der Waals surface area contributed by atoms with Gasteiger partial charge >= 0.3 is 6.03 Å². The first kappa shape index (κ1) is 22.8. The van der Waals surface area contributed by atoms with E-state index in [1.54, 1.807) is 22.1 Å². The number of anilines is 2. The Labute approximate surface area is 195 Å². The van der Waals surface area contributed by atoms with Gasteiger partial charge in [0.25, 0.3) is 0 Å². The van der Waals surface area contributed by atoms with Crippen LogP contribution in [-0.2, 0) is 0 Å². The predicted octanol–water partition coefficient (Wildman–Crippen LogP) is 4.86. The fourth-order valence-corrected chi connectivity index (χ4v) is 4.10. The zero-order valence-corrected chi connectivity index (χ0v) is 20.2. The van der Waals surface area contributed by atoms with Crippen molar-refractivity contribution in [1.82, 2.24) is 24.4 Å². The van der Waals surface area contributed by atoms with Crippen LogP contribution >= 0.6 is 0 Å². The average molecular weight is 448 g/mol. The first-order valence-corrected chi connectivity index (χ1v) is 11.5. The second-order valence-electron chi connectivity index (χ2n) is 9.40. The van der Waals surface area contributed by atoms with Crippen molar-refractivity contribution in [3.63, 3.8) is 0 Å². The standard InChI is InChI=1S/C25H33N7O/c1-16(2)19-7-9-20(10-8-19)31-13-21(27-15-31)18(5)28-24-26-12-11-23(29-24)32-22(17(3)4)14-30(6)25(32)33/h7-13,15-18,22H,14H2,1-6H3,(H,26,28,29)/t18-,22?/m0/s1. The van der Waals surface area contributed by atoms with Crippen molar-refractivity contribution in [3.8, 4) is 5.69 Å². The number of benzene rings is 1. The maximum absolute atomic E-state index is 12.7. The first-order chi connectivity index (χ1) is 15.7. The molecule has 2 atom stereocenters. The number of urea groups is 1. The van der Waals surface area contributed by atoms with Gasteiger partial charge in [-0.1, -0.05) is 39.8 Å². The third-order valence-corrected chi connectivity index (χ3v) is 6.23. The van der Waals surface area contributed by atoms with Gasteiger partial charge < -0.3 is 14.8 Å². The van der Waals surface area contributed by atoms with Crippen LogP contribution in [0.5, 0.6) is 0 Å². The number of carbonyl (C=O) groups excluding carboxylic acids is 1. The van der Waals surface area contributed by atoms with Gasteiger partial charge in [-0.25, -0.2) is 14.8 Å². The number of hydrogen-bond acceptors (Lipinski definition) is 5. The van der Waals surface area contributed by atoms with Crippen molar-refractivity contribution in [2.24, 2.45) is 5.92 Å². The Hall–Kier alpha value is -3.42. The summed E-state index contributed by atoms with van der Waals surface area (Å²) in [6, 6.07) is 10.3. The molecule has 1 N–H and O–H groups in total. The molecule has 1 unspecified atom stereocenters. The molecule has 2 amide bonds. The molecule has 0 radical (unpaired) electrons. The number of imidazole rings is 1. The van der Waals surface area contributed by atoms with Gasteiger partial charge in [0, 0.05) is 31.7 Å². The van der Waals surface area contributed by atoms with E-state index < -0.39 is 0 Å². The molecule has 0 spiro atoms. The Morgan fingerprint density at radius 3 is 2.42 bits per heavy atom. The number of rotatable bonds is 7. The molecule has 8 heteroatoms. The van der Waals surface area contributed by atoms with E-state index in [2.05, 4.69) is 72.2 Å². The topological polar surface area (TPSA) is 79.2 Å². The van der Waals surface area contributed by atoms with Crippen molar-refractivity contribution >= 4 is 17.8 Å². The number of amides is 2. The zero-order valence-electron chi connectivity index (χ0n) is 20.2. The molecular weight excluding hydrogens is 414 g/mol. The Morgan fingerprint density at radius 1 is 1.03 bits per heavy atom. The number of likely N-dealkylation sites (N-methyl/N-ethyl adjacent to an activating group) is 1. The minimum Gasteiger partial charge on any atom is -0.346 e. The SMILES string of the molecule is CC(C)c1ccc(-n2cnc([C@H](C)Nc3nccc(N4C(=O)N(C)CC4C(C)C)n3)c2)cc1. The lowest BCUT2D eigenvalue weighted by atomic mass is 10.0. The number of carbonyl (C=O) groups is 1. The summed E-state index contributed by atoms with van der Waals surface area (Å²) >= 11 is 0. The van der Waals surface area contributed by atoms with Gasteiger partial charge in [-0.15, -0.1) is 0 Å². The largest absolute Gasteiger partial charge is 0.346 e. The smallest absolute Gasteiger partial charge is 0.325 e. The molecule has 0 aliphatic carbocycles. The number of nitrogens with zero attached hydrogens (tertiary/aromatic N) is 6. The van der Waals surface area contributed by atoms with Crippen LogP contribution in [-0.4, -0.2) is 50.1 Å². The van der Waals surface area contributed by atoms with Crippen LogP contribution in [0.25, 0.3) is 5.69 Å². The lowest BCUT2D eigenvalue weighted by Crippen LogP contribution is -2.38. The summed E-state index contributed by atoms with van der Waals surface area (Å²) in [5, 5.41) is 3.33. The molecule has 1 fully saturated rings. The maximum atomic E-state index is 12.7. The second kappa shape index (κ2) is 9.21. The highest BCUT2D eigenvalue weighted by Crippen LogP contribution is 2.27. The number of nitrogens with one attached hydrogen (secondary N) is 1. The molecule has 0 saturated carbocycles. The Bertz CT molecular complexity index is 1110. The van der Waals surface area contributed by atoms with E-state index in [9.17, 15) is 4.79 Å². The normalized spacial score (nSPS) is 17.3. The van der Waals surface area contributed by atoms with Gasteiger partial charge in [-0.2, -0.15) is 4.98 Å². The lowest BCUT2D eigenvalue weighted by molar-refractivity contribution is 0.229. The van der Waals surface area contributed by atoms with Crippen LogP contribution in [0.4, 0.5) is 16.6 Å². The predicted molar refractivity (Wildman–Crippen MR) is 131 cm³/mol. The molecule has 0 bridgehead atoms. The van der Waals surface area contributed by atoms with Crippen LogP contribution < -0.4 is 10.2 Å². The molecule has 4 rings (SSSR count). The van der Waals surface area contributed by atoms with E-state index in [-0.39, 0.29) is 18.1 Å². The van der Waals surface area contributed by atoms with Gasteiger partial charge in [0.15, 0.2) is 0 Å². The third-order valence-electron chi connectivity index (χ3n) is 6.23. The summed E-state index contributed by atoms with van der Waals surface area (Å²) in [6.45, 7) is 11.3. The first-order valence-electron chi connectivity index (χ1n) is 11.5. The molecule has 8 nitrogen and oxygen atoms in total. The fourth-order valence-electron chi connectivity index (χ4n) is 4.10. The van der Waals surface area contributed by atoms with Gasteiger partial charge in [0.2, 0.25) is 5.95 Å². The quantitative estimate of drug-likeness (QED) is 0.560. The minimum atomic E-state index is -0.103. The van der Waals surface area contributed by atoms with E-state index in [0.29, 0.717) is 30.1 Å². The molecule has 1 aliphatic rings. The number of aromatic nitrogens is 4. The zero-order chi connectivity index (χ0) is 23.7. The van der Waals surface area contributed by atoms with Crippen molar-refractivity contribution in [1.29, 1.82) is 0 Å². The summed E-state index contributed by atoms with van der Waals surface area (Å²) < 4.78 is 2.01. The molecule has 3 heterocycles. The van der Waals surface area contributed by atoms with E-state index >= 15 is 0 Å². The van der Waals surface area contributed by atoms with Crippen LogP contribution in [0.15, 0.2) is 49.1 Å². The molecule has 174 valence electrons. The van der Waals surface area contributed by atoms with Crippen molar-refractivity contribution in [3.05, 3.63) is 60.3 Å². The van der Waals surface area contributed by atoms with Gasteiger partial charge in [0.1, 0.15) is 5.82 Å². The van der Waals surface area contributed by atoms with E-state index in [0.717, 1.165) is 11.4 Å². The van der Waals surface area contributed by atoms with Crippen LogP contribution in [0.2, 0.25) is 0 Å². The van der Waals surface area contributed by atoms with Crippen LogP contribution in [0.3, 0.4) is 0 Å². The van der Waals surface area contributed by atoms with Crippen LogP contribution in [0, 0.1) is 5.92 Å². The molecular formula is C25H33N7O. The highest BCUT2D eigenvalue weighted by atomic mass is 16.2. The lowest BCUT2D eigenvalue weighted by Gasteiger charge is -2.25. The van der Waals surface area contributed by atoms with E-state index in [1.165, 1.54) is 5.56 Å². The monoisotopic (exact) mass is 447 g/mol. The van der Waals surface area contributed by atoms with Crippen molar-refractivity contribution in [2.45, 2.75) is 52.6 Å². The molecule has 1 aliphatic heterocycles. The van der Waals surface area contributed by atoms with Gasteiger partial charge in [0.05, 0.1) is 24.1 Å². The summed E-state index contributed by atoms with van der Waals surface area (Å²) in [5.41, 5.74) is 3.27.